The lowest BCUT2D eigenvalue weighted by atomic mass is 9.58. The van der Waals surface area contributed by atoms with Crippen molar-refractivity contribution in [2.45, 2.75) is 83.2 Å². The first-order valence-corrected chi connectivity index (χ1v) is 9.58. The largest absolute Gasteiger partial charge is 0.481 e. The predicted octanol–water partition coefficient (Wildman–Crippen LogP) is 2.60. The summed E-state index contributed by atoms with van der Waals surface area (Å²) in [5, 5.41) is 8.80. The van der Waals surface area contributed by atoms with Gasteiger partial charge >= 0.3 is 11.9 Å². The molecular formula is C19H28O8. The molecule has 0 aromatic carbocycles. The molecule has 0 unspecified atom stereocenters. The van der Waals surface area contributed by atoms with E-state index >= 15 is 0 Å². The van der Waals surface area contributed by atoms with E-state index in [1.165, 1.54) is 0 Å². The van der Waals surface area contributed by atoms with E-state index in [0.29, 0.717) is 12.8 Å². The highest BCUT2D eigenvalue weighted by atomic mass is 17.3. The van der Waals surface area contributed by atoms with Crippen LogP contribution in [0.4, 0.5) is 0 Å². The highest BCUT2D eigenvalue weighted by Crippen LogP contribution is 2.60. The van der Waals surface area contributed by atoms with Crippen molar-refractivity contribution >= 4 is 11.9 Å². The number of aliphatic carboxylic acids is 1. The molecular weight excluding hydrogens is 356 g/mol. The third kappa shape index (κ3) is 3.06. The first-order valence-electron chi connectivity index (χ1n) is 11.1. The lowest BCUT2D eigenvalue weighted by molar-refractivity contribution is -0.576. The Bertz CT molecular complexity index is 714. The Kier molecular flexibility index (Phi) is 3.88. The van der Waals surface area contributed by atoms with Crippen LogP contribution in [0.25, 0.3) is 0 Å². The molecule has 4 aliphatic heterocycles. The van der Waals surface area contributed by atoms with Gasteiger partial charge in [-0.3, -0.25) is 9.59 Å². The summed E-state index contributed by atoms with van der Waals surface area (Å²) in [6, 6.07) is 0. The molecule has 2 bridgehead atoms. The molecule has 4 saturated heterocycles. The summed E-state index contributed by atoms with van der Waals surface area (Å²) in [5.74, 6) is -4.46. The van der Waals surface area contributed by atoms with Gasteiger partial charge in [0, 0.05) is 22.4 Å². The first-order chi connectivity index (χ1) is 14.0. The van der Waals surface area contributed by atoms with E-state index in [1.807, 2.05) is 0 Å². The van der Waals surface area contributed by atoms with Gasteiger partial charge in [-0.15, -0.1) is 0 Å². The SMILES string of the molecule is [2H]C([2H])([2H])[C@H]1[C@H](OC(=O)CCC(=O)O)O[C@@H]2O[C@@]3(C)CC[C@H]4[C@H](C)CC[C@@H]1[C@@]24OO3. The van der Waals surface area contributed by atoms with Gasteiger partial charge < -0.3 is 19.3 Å². The number of carbonyl (C=O) groups excluding carboxylic acids is 1. The highest BCUT2D eigenvalue weighted by molar-refractivity contribution is 5.76. The van der Waals surface area contributed by atoms with Crippen molar-refractivity contribution in [3.63, 3.8) is 0 Å². The zero-order valence-electron chi connectivity index (χ0n) is 18.5. The molecule has 5 aliphatic rings. The van der Waals surface area contributed by atoms with Crippen molar-refractivity contribution in [1.82, 2.24) is 0 Å². The molecule has 27 heavy (non-hydrogen) atoms. The third-order valence-corrected chi connectivity index (χ3v) is 6.55. The Labute approximate surface area is 162 Å². The van der Waals surface area contributed by atoms with Crippen molar-refractivity contribution in [3.8, 4) is 0 Å². The summed E-state index contributed by atoms with van der Waals surface area (Å²) < 4.78 is 41.9. The molecule has 5 fully saturated rings. The van der Waals surface area contributed by atoms with Gasteiger partial charge in [-0.1, -0.05) is 13.8 Å². The monoisotopic (exact) mass is 387 g/mol. The van der Waals surface area contributed by atoms with Crippen LogP contribution in [0.5, 0.6) is 0 Å². The lowest BCUT2D eigenvalue weighted by Crippen LogP contribution is -2.70. The smallest absolute Gasteiger partial charge is 0.308 e. The van der Waals surface area contributed by atoms with Gasteiger partial charge in [0.15, 0.2) is 11.9 Å². The van der Waals surface area contributed by atoms with Crippen LogP contribution < -0.4 is 0 Å². The van der Waals surface area contributed by atoms with E-state index in [0.717, 1.165) is 12.8 Å². The van der Waals surface area contributed by atoms with Crippen molar-refractivity contribution in [2.75, 3.05) is 0 Å². The average Bonchev–Trinajstić information content (AvgIpc) is 2.86. The second kappa shape index (κ2) is 6.69. The van der Waals surface area contributed by atoms with Crippen molar-refractivity contribution in [3.05, 3.63) is 0 Å². The second-order valence-electron chi connectivity index (χ2n) is 8.32. The number of carboxylic acid groups (broad SMARTS) is 1. The Balaban J connectivity index is 1.69. The zero-order chi connectivity index (χ0) is 21.9. The number of rotatable bonds is 4. The molecule has 0 radical (unpaired) electrons. The van der Waals surface area contributed by atoms with Crippen LogP contribution in [0.1, 0.15) is 63.3 Å². The summed E-state index contributed by atoms with van der Waals surface area (Å²) in [4.78, 5) is 34.6. The summed E-state index contributed by atoms with van der Waals surface area (Å²) in [6.07, 6.45) is -0.480. The van der Waals surface area contributed by atoms with E-state index in [-0.39, 0.29) is 18.3 Å². The molecule has 1 N–H and O–H groups in total. The molecule has 0 aromatic heterocycles. The zero-order valence-corrected chi connectivity index (χ0v) is 15.5. The van der Waals surface area contributed by atoms with Crippen LogP contribution in [-0.2, 0) is 33.6 Å². The minimum absolute atomic E-state index is 0.0286. The molecule has 0 aromatic rings. The Morgan fingerprint density at radius 2 is 2.04 bits per heavy atom. The van der Waals surface area contributed by atoms with Crippen LogP contribution in [-0.4, -0.2) is 41.0 Å². The van der Waals surface area contributed by atoms with Crippen molar-refractivity contribution < 1.29 is 42.8 Å². The minimum atomic E-state index is -2.50. The van der Waals surface area contributed by atoms with Gasteiger partial charge in [0.05, 0.1) is 12.8 Å². The number of fused-ring (bicyclic) bond motifs is 2. The van der Waals surface area contributed by atoms with Crippen LogP contribution in [0, 0.1) is 23.7 Å². The van der Waals surface area contributed by atoms with Gasteiger partial charge in [0.25, 0.3) is 0 Å². The van der Waals surface area contributed by atoms with E-state index in [4.69, 9.17) is 33.2 Å². The van der Waals surface area contributed by atoms with Gasteiger partial charge in [0.1, 0.15) is 0 Å². The number of hydrogen-bond donors (Lipinski definition) is 1. The molecule has 152 valence electrons. The maximum Gasteiger partial charge on any atom is 0.308 e. The second-order valence-corrected chi connectivity index (χ2v) is 8.32. The van der Waals surface area contributed by atoms with E-state index in [1.54, 1.807) is 6.92 Å². The first kappa shape index (κ1) is 15.7. The molecule has 1 spiro atoms. The lowest BCUT2D eigenvalue weighted by Gasteiger charge is -2.59. The minimum Gasteiger partial charge on any atom is -0.481 e. The van der Waals surface area contributed by atoms with Gasteiger partial charge in [-0.2, -0.15) is 0 Å². The maximum atomic E-state index is 12.2. The van der Waals surface area contributed by atoms with Crippen LogP contribution in [0.2, 0.25) is 0 Å². The summed E-state index contributed by atoms with van der Waals surface area (Å²) in [6.45, 7) is 1.35. The van der Waals surface area contributed by atoms with Crippen molar-refractivity contribution in [1.29, 1.82) is 0 Å². The molecule has 0 amide bonds. The Morgan fingerprint density at radius 1 is 1.22 bits per heavy atom. The number of carbonyl (C=O) groups is 2. The number of esters is 1. The number of hydrogen-bond acceptors (Lipinski definition) is 7. The predicted molar refractivity (Wildman–Crippen MR) is 89.8 cm³/mol. The maximum absolute atomic E-state index is 12.2. The van der Waals surface area contributed by atoms with Crippen molar-refractivity contribution in [2.24, 2.45) is 23.7 Å². The fourth-order valence-corrected chi connectivity index (χ4v) is 5.12. The van der Waals surface area contributed by atoms with Crippen LogP contribution in [0.15, 0.2) is 0 Å². The summed E-state index contributed by atoms with van der Waals surface area (Å²) >= 11 is 0. The molecule has 1 saturated carbocycles. The van der Waals surface area contributed by atoms with E-state index in [2.05, 4.69) is 6.92 Å². The average molecular weight is 387 g/mol. The van der Waals surface area contributed by atoms with Crippen LogP contribution >= 0.6 is 0 Å². The molecule has 4 heterocycles. The summed E-state index contributed by atoms with van der Waals surface area (Å²) in [5.41, 5.74) is -1.10. The molecule has 1 aliphatic carbocycles. The molecule has 5 rings (SSSR count). The van der Waals surface area contributed by atoms with Crippen LogP contribution in [0.3, 0.4) is 0 Å². The highest BCUT2D eigenvalue weighted by Gasteiger charge is 2.69. The van der Waals surface area contributed by atoms with E-state index in [9.17, 15) is 9.59 Å². The number of ether oxygens (including phenoxy) is 3. The molecule has 8 nitrogen and oxygen atoms in total. The van der Waals surface area contributed by atoms with Gasteiger partial charge in [-0.25, -0.2) is 9.78 Å². The quantitative estimate of drug-likeness (QED) is 0.580. The molecule has 8 atom stereocenters. The fraction of sp³-hybridized carbons (Fsp3) is 0.895. The standard InChI is InChI=1S/C19H28O8/c1-10-4-5-13-11(2)16(23-15(22)7-6-14(20)21)24-17-19(13)12(10)8-9-18(3,25-17)26-27-19/h10-13,16-17H,4-9H2,1-3H3,(H,20,21)/t10-,11-,12+,13+,16-,17-,18-,19-/m1/s1/i2D3. The number of carboxylic acids is 1. The van der Waals surface area contributed by atoms with Gasteiger partial charge in [0.2, 0.25) is 12.1 Å². The fourth-order valence-electron chi connectivity index (χ4n) is 5.12. The van der Waals surface area contributed by atoms with Gasteiger partial charge in [-0.05, 0) is 38.0 Å². The Morgan fingerprint density at radius 3 is 2.78 bits per heavy atom. The normalized spacial score (nSPS) is 50.5. The summed E-state index contributed by atoms with van der Waals surface area (Å²) in [7, 11) is 0. The topological polar surface area (TPSA) is 101 Å². The molecule has 8 heteroatoms. The third-order valence-electron chi connectivity index (χ3n) is 6.55. The van der Waals surface area contributed by atoms with E-state index < -0.39 is 61.0 Å². The Hall–Kier alpha value is -1.22.